The molecule has 0 saturated carbocycles. The highest BCUT2D eigenvalue weighted by Crippen LogP contribution is 2.30. The third-order valence-corrected chi connectivity index (χ3v) is 17.4. The molecule has 2 fully saturated rings. The molecule has 14 nitrogen and oxygen atoms in total. The standard InChI is InChI=1S/C74H133NO13/c1-3-5-7-9-11-13-15-17-19-21-22-23-24-25-26-27-28-29-30-31-32-33-34-35-36-37-38-39-40-42-44-46-48-50-52-54-56-58-66(79)75-62(63(78)57-55-53-51-49-47-45-43-41-20-18-16-14-12-10-8-6-4-2)61-85-73-71(84)69(82)72(65(60-77)87-73)88-74-70(83)68(81)67(80)64(59-76)86-74/h5,7,11,13,17,19,22-23,25-26,28-29,62-65,67-74,76-78,80-84H,3-4,6,8-10,12,14-16,18,20-21,24,27,30-61H2,1-2H3,(H,75,79)/b7-5-,13-11-,19-17-,23-22-,26-25-,29-28-. The van der Waals surface area contributed by atoms with E-state index in [0.29, 0.717) is 12.8 Å². The van der Waals surface area contributed by atoms with Crippen LogP contribution in [0.1, 0.15) is 296 Å². The molecule has 0 bridgehead atoms. The number of nitrogens with one attached hydrogen (secondary N) is 1. The fourth-order valence-corrected chi connectivity index (χ4v) is 11.7. The molecule has 14 heteroatoms. The predicted molar refractivity (Wildman–Crippen MR) is 360 cm³/mol. The molecule has 0 radical (unpaired) electrons. The van der Waals surface area contributed by atoms with E-state index in [1.165, 1.54) is 180 Å². The minimum atomic E-state index is -1.78. The Labute approximate surface area is 536 Å². The maximum atomic E-state index is 13.4. The van der Waals surface area contributed by atoms with Gasteiger partial charge in [-0.15, -0.1) is 0 Å². The van der Waals surface area contributed by atoms with E-state index in [-0.39, 0.29) is 12.5 Å². The summed E-state index contributed by atoms with van der Waals surface area (Å²) in [5.74, 6) is -0.204. The molecule has 0 spiro atoms. The number of aliphatic hydroxyl groups excluding tert-OH is 8. The molecular weight excluding hydrogens is 1110 g/mol. The SMILES string of the molecule is CC/C=C\C/C=C\C/C=C\C/C=C\C/C=C\C/C=C\CCCCCCCCCCCCCCCCCCCCC(=O)NC(COC1OC(CO)C(OC2OC(CO)C(O)C(O)C2O)C(O)C1O)C(O)CCCCCCCCCCCCCCCCCCC. The van der Waals surface area contributed by atoms with Gasteiger partial charge in [-0.3, -0.25) is 4.79 Å². The van der Waals surface area contributed by atoms with E-state index in [1.807, 2.05) is 0 Å². The van der Waals surface area contributed by atoms with Gasteiger partial charge in [0.1, 0.15) is 48.8 Å². The van der Waals surface area contributed by atoms with Gasteiger partial charge >= 0.3 is 0 Å². The van der Waals surface area contributed by atoms with Crippen molar-refractivity contribution in [3.63, 3.8) is 0 Å². The first-order chi connectivity index (χ1) is 43.1. The zero-order valence-corrected chi connectivity index (χ0v) is 55.7. The van der Waals surface area contributed by atoms with E-state index < -0.39 is 86.8 Å². The predicted octanol–water partition coefficient (Wildman–Crippen LogP) is 15.0. The van der Waals surface area contributed by atoms with Gasteiger partial charge in [-0.05, 0) is 64.2 Å². The van der Waals surface area contributed by atoms with Crippen molar-refractivity contribution in [1.29, 1.82) is 0 Å². The number of hydrogen-bond donors (Lipinski definition) is 9. The number of aliphatic hydroxyl groups is 8. The summed E-state index contributed by atoms with van der Waals surface area (Å²) in [7, 11) is 0. The normalized spacial score (nSPS) is 23.6. The molecule has 2 heterocycles. The summed E-state index contributed by atoms with van der Waals surface area (Å²) in [5.41, 5.74) is 0. The van der Waals surface area contributed by atoms with Gasteiger partial charge in [-0.25, -0.2) is 0 Å². The van der Waals surface area contributed by atoms with Crippen LogP contribution in [0.25, 0.3) is 0 Å². The third-order valence-electron chi connectivity index (χ3n) is 17.4. The summed E-state index contributed by atoms with van der Waals surface area (Å²) in [6, 6.07) is -0.830. The van der Waals surface area contributed by atoms with Gasteiger partial charge in [0.15, 0.2) is 12.6 Å². The van der Waals surface area contributed by atoms with Crippen molar-refractivity contribution in [3.8, 4) is 0 Å². The molecule has 512 valence electrons. The van der Waals surface area contributed by atoms with E-state index >= 15 is 0 Å². The van der Waals surface area contributed by atoms with Crippen molar-refractivity contribution in [2.75, 3.05) is 19.8 Å². The Morgan fingerprint density at radius 2 is 0.784 bits per heavy atom. The number of rotatable bonds is 59. The van der Waals surface area contributed by atoms with E-state index in [1.54, 1.807) is 0 Å². The van der Waals surface area contributed by atoms with Gasteiger partial charge in [0.2, 0.25) is 5.91 Å². The topological polar surface area (TPSA) is 228 Å². The van der Waals surface area contributed by atoms with Crippen molar-refractivity contribution in [2.24, 2.45) is 0 Å². The van der Waals surface area contributed by atoms with E-state index in [0.717, 1.165) is 89.9 Å². The van der Waals surface area contributed by atoms with Crippen molar-refractivity contribution in [2.45, 2.75) is 370 Å². The molecule has 9 N–H and O–H groups in total. The van der Waals surface area contributed by atoms with Crippen LogP contribution in [0.5, 0.6) is 0 Å². The monoisotopic (exact) mass is 1240 g/mol. The van der Waals surface area contributed by atoms with E-state index in [4.69, 9.17) is 18.9 Å². The number of hydrogen-bond acceptors (Lipinski definition) is 13. The second kappa shape index (κ2) is 58.3. The number of allylic oxidation sites excluding steroid dienone is 12. The molecule has 2 aliphatic heterocycles. The highest BCUT2D eigenvalue weighted by molar-refractivity contribution is 5.76. The number of carbonyl (C=O) groups excluding carboxylic acids is 1. The molecule has 0 aliphatic carbocycles. The van der Waals surface area contributed by atoms with Crippen LogP contribution in [0.4, 0.5) is 0 Å². The summed E-state index contributed by atoms with van der Waals surface area (Å²) in [6.07, 6.45) is 62.1. The van der Waals surface area contributed by atoms with Crippen molar-refractivity contribution >= 4 is 5.91 Å². The first-order valence-corrected chi connectivity index (χ1v) is 36.2. The highest BCUT2D eigenvalue weighted by atomic mass is 16.7. The Hall–Kier alpha value is -2.57. The minimum Gasteiger partial charge on any atom is -0.394 e. The lowest BCUT2D eigenvalue weighted by Crippen LogP contribution is -2.65. The van der Waals surface area contributed by atoms with Crippen molar-refractivity contribution < 1.29 is 64.6 Å². The number of ether oxygens (including phenoxy) is 4. The second-order valence-corrected chi connectivity index (χ2v) is 25.3. The first-order valence-electron chi connectivity index (χ1n) is 36.2. The number of amides is 1. The molecule has 12 unspecified atom stereocenters. The molecule has 0 aromatic carbocycles. The third kappa shape index (κ3) is 41.8. The zero-order chi connectivity index (χ0) is 63.8. The molecule has 88 heavy (non-hydrogen) atoms. The number of carbonyl (C=O) groups is 1. The van der Waals surface area contributed by atoms with Gasteiger partial charge in [0, 0.05) is 6.42 Å². The summed E-state index contributed by atoms with van der Waals surface area (Å²) < 4.78 is 22.9. The Morgan fingerprint density at radius 1 is 0.420 bits per heavy atom. The van der Waals surface area contributed by atoms with Crippen LogP contribution in [-0.2, 0) is 23.7 Å². The average Bonchev–Trinajstić information content (AvgIpc) is 2.07. The van der Waals surface area contributed by atoms with Crippen LogP contribution in [0, 0.1) is 0 Å². The quantitative estimate of drug-likeness (QED) is 0.0204. The van der Waals surface area contributed by atoms with Crippen molar-refractivity contribution in [1.82, 2.24) is 5.32 Å². The molecule has 0 aromatic rings. The summed E-state index contributed by atoms with van der Waals surface area (Å²) in [5, 5.41) is 87.6. The maximum Gasteiger partial charge on any atom is 0.220 e. The molecule has 1 amide bonds. The summed E-state index contributed by atoms with van der Waals surface area (Å²) in [4.78, 5) is 13.4. The fraction of sp³-hybridized carbons (Fsp3) is 0.824. The molecule has 12 atom stereocenters. The van der Waals surface area contributed by atoms with Crippen LogP contribution in [0.3, 0.4) is 0 Å². The lowest BCUT2D eigenvalue weighted by atomic mass is 9.97. The largest absolute Gasteiger partial charge is 0.394 e. The van der Waals surface area contributed by atoms with Crippen LogP contribution >= 0.6 is 0 Å². The fourth-order valence-electron chi connectivity index (χ4n) is 11.7. The van der Waals surface area contributed by atoms with E-state index in [9.17, 15) is 45.6 Å². The van der Waals surface area contributed by atoms with Gasteiger partial charge in [0.05, 0.1) is 32.0 Å². The van der Waals surface area contributed by atoms with Gasteiger partial charge in [0.25, 0.3) is 0 Å². The lowest BCUT2D eigenvalue weighted by molar-refractivity contribution is -0.359. The van der Waals surface area contributed by atoms with Crippen LogP contribution in [-0.4, -0.2) is 140 Å². The Morgan fingerprint density at radius 3 is 1.20 bits per heavy atom. The minimum absolute atomic E-state index is 0.204. The smallest absolute Gasteiger partial charge is 0.220 e. The Bertz CT molecular complexity index is 1750. The average molecular weight is 1240 g/mol. The van der Waals surface area contributed by atoms with Gasteiger partial charge in [-0.1, -0.05) is 299 Å². The molecule has 2 aliphatic rings. The second-order valence-electron chi connectivity index (χ2n) is 25.3. The number of unbranched alkanes of at least 4 members (excludes halogenated alkanes) is 34. The molecular formula is C74H133NO13. The summed E-state index contributed by atoms with van der Waals surface area (Å²) in [6.45, 7) is 2.78. The van der Waals surface area contributed by atoms with Gasteiger partial charge in [-0.2, -0.15) is 0 Å². The molecule has 2 rings (SSSR count). The van der Waals surface area contributed by atoms with Crippen LogP contribution < -0.4 is 5.32 Å². The van der Waals surface area contributed by atoms with Gasteiger partial charge < -0.3 is 65.1 Å². The van der Waals surface area contributed by atoms with E-state index in [2.05, 4.69) is 92.1 Å². The Kier molecular flexibility index (Phi) is 54.0. The summed E-state index contributed by atoms with van der Waals surface area (Å²) >= 11 is 0. The molecule has 2 saturated heterocycles. The first kappa shape index (κ1) is 81.5. The lowest BCUT2D eigenvalue weighted by Gasteiger charge is -2.46. The van der Waals surface area contributed by atoms with Crippen LogP contribution in [0.2, 0.25) is 0 Å². The maximum absolute atomic E-state index is 13.4. The molecule has 0 aromatic heterocycles. The Balaban J connectivity index is 1.60. The van der Waals surface area contributed by atoms with Crippen molar-refractivity contribution in [3.05, 3.63) is 72.9 Å². The van der Waals surface area contributed by atoms with Crippen LogP contribution in [0.15, 0.2) is 72.9 Å². The highest BCUT2D eigenvalue weighted by Gasteiger charge is 2.51. The zero-order valence-electron chi connectivity index (χ0n) is 55.7.